The molecule has 0 aliphatic carbocycles. The Labute approximate surface area is 147 Å². The number of terminal acetylenes is 1. The molecule has 0 atom stereocenters. The first kappa shape index (κ1) is 18.1. The number of hydrogen-bond donors (Lipinski definition) is 2. The molecular weight excluding hydrogens is 316 g/mol. The van der Waals surface area contributed by atoms with E-state index in [2.05, 4.69) is 16.6 Å². The van der Waals surface area contributed by atoms with Gasteiger partial charge in [-0.15, -0.1) is 6.42 Å². The zero-order valence-electron chi connectivity index (χ0n) is 14.3. The Morgan fingerprint density at radius 2 is 1.96 bits per heavy atom. The summed E-state index contributed by atoms with van der Waals surface area (Å²) in [6.45, 7) is 2.31. The van der Waals surface area contributed by atoms with E-state index in [9.17, 15) is 9.59 Å². The van der Waals surface area contributed by atoms with Crippen molar-refractivity contribution >= 4 is 17.5 Å². The van der Waals surface area contributed by atoms with E-state index in [0.717, 1.165) is 16.9 Å². The fraction of sp³-hybridized carbons (Fsp3) is 0.200. The SMILES string of the molecule is C#Cc1cccc(NC(=O)C(=O)NCCc2ccc(C)c(OC)c2)c1. The smallest absolute Gasteiger partial charge is 0.313 e. The zero-order chi connectivity index (χ0) is 18.2. The Balaban J connectivity index is 1.85. The predicted octanol–water partition coefficient (Wildman–Crippen LogP) is 2.28. The maximum Gasteiger partial charge on any atom is 0.313 e. The molecule has 2 rings (SSSR count). The van der Waals surface area contributed by atoms with Crippen LogP contribution in [0.3, 0.4) is 0 Å². The van der Waals surface area contributed by atoms with Crippen molar-refractivity contribution in [1.29, 1.82) is 0 Å². The average Bonchev–Trinajstić information content (AvgIpc) is 2.63. The van der Waals surface area contributed by atoms with Gasteiger partial charge >= 0.3 is 11.8 Å². The van der Waals surface area contributed by atoms with E-state index in [4.69, 9.17) is 11.2 Å². The van der Waals surface area contributed by atoms with E-state index >= 15 is 0 Å². The third-order valence-electron chi connectivity index (χ3n) is 3.67. The van der Waals surface area contributed by atoms with Crippen LogP contribution in [0, 0.1) is 19.3 Å². The number of carbonyl (C=O) groups is 2. The average molecular weight is 336 g/mol. The molecule has 0 aliphatic heterocycles. The van der Waals surface area contributed by atoms with Gasteiger partial charge in [-0.25, -0.2) is 0 Å². The van der Waals surface area contributed by atoms with Crippen molar-refractivity contribution in [3.63, 3.8) is 0 Å². The number of methoxy groups -OCH3 is 1. The molecule has 0 saturated carbocycles. The second-order valence-electron chi connectivity index (χ2n) is 5.49. The highest BCUT2D eigenvalue weighted by molar-refractivity contribution is 6.39. The number of amides is 2. The number of aryl methyl sites for hydroxylation is 1. The maximum atomic E-state index is 11.9. The van der Waals surface area contributed by atoms with Crippen molar-refractivity contribution in [3.05, 3.63) is 59.2 Å². The molecule has 0 spiro atoms. The largest absolute Gasteiger partial charge is 0.496 e. The van der Waals surface area contributed by atoms with Gasteiger partial charge in [0.1, 0.15) is 5.75 Å². The molecule has 0 saturated heterocycles. The number of ether oxygens (including phenoxy) is 1. The maximum absolute atomic E-state index is 11.9. The van der Waals surface area contributed by atoms with Crippen LogP contribution in [0.5, 0.6) is 5.75 Å². The third kappa shape index (κ3) is 5.11. The number of carbonyl (C=O) groups excluding carboxylic acids is 2. The Kier molecular flexibility index (Phi) is 6.19. The van der Waals surface area contributed by atoms with Gasteiger partial charge in [0.05, 0.1) is 7.11 Å². The van der Waals surface area contributed by atoms with Crippen LogP contribution in [-0.4, -0.2) is 25.5 Å². The molecule has 0 aliphatic rings. The lowest BCUT2D eigenvalue weighted by molar-refractivity contribution is -0.136. The molecule has 2 amide bonds. The van der Waals surface area contributed by atoms with Crippen LogP contribution in [0.4, 0.5) is 5.69 Å². The van der Waals surface area contributed by atoms with Crippen molar-refractivity contribution in [1.82, 2.24) is 5.32 Å². The highest BCUT2D eigenvalue weighted by Gasteiger charge is 2.13. The van der Waals surface area contributed by atoms with E-state index < -0.39 is 11.8 Å². The molecule has 25 heavy (non-hydrogen) atoms. The first-order valence-electron chi connectivity index (χ1n) is 7.83. The van der Waals surface area contributed by atoms with Gasteiger partial charge in [0.2, 0.25) is 0 Å². The molecule has 0 bridgehead atoms. The number of benzene rings is 2. The van der Waals surface area contributed by atoms with Gasteiger partial charge in [-0.05, 0) is 48.7 Å². The standard InChI is InChI=1S/C20H20N2O3/c1-4-15-6-5-7-17(12-15)22-20(24)19(23)21-11-10-16-9-8-14(2)18(13-16)25-3/h1,5-9,12-13H,10-11H2,2-3H3,(H,21,23)(H,22,24). The lowest BCUT2D eigenvalue weighted by Crippen LogP contribution is -2.36. The number of hydrogen-bond acceptors (Lipinski definition) is 3. The summed E-state index contributed by atoms with van der Waals surface area (Å²) in [6, 6.07) is 12.6. The van der Waals surface area contributed by atoms with Crippen molar-refractivity contribution < 1.29 is 14.3 Å². The van der Waals surface area contributed by atoms with E-state index in [1.807, 2.05) is 25.1 Å². The summed E-state index contributed by atoms with van der Waals surface area (Å²) in [5.74, 6) is 1.86. The minimum atomic E-state index is -0.726. The quantitative estimate of drug-likeness (QED) is 0.650. The Hall–Kier alpha value is -3.26. The van der Waals surface area contributed by atoms with Crippen LogP contribution in [0.25, 0.3) is 0 Å². The molecule has 2 aromatic carbocycles. The van der Waals surface area contributed by atoms with Crippen LogP contribution in [0.15, 0.2) is 42.5 Å². The summed E-state index contributed by atoms with van der Waals surface area (Å²) < 4.78 is 5.27. The predicted molar refractivity (Wildman–Crippen MR) is 97.5 cm³/mol. The lowest BCUT2D eigenvalue weighted by atomic mass is 10.1. The molecule has 0 unspecified atom stereocenters. The van der Waals surface area contributed by atoms with Crippen LogP contribution < -0.4 is 15.4 Å². The van der Waals surface area contributed by atoms with Crippen LogP contribution in [0.2, 0.25) is 0 Å². The normalized spacial score (nSPS) is 9.80. The third-order valence-corrected chi connectivity index (χ3v) is 3.67. The topological polar surface area (TPSA) is 67.4 Å². The Bertz CT molecular complexity index is 822. The second-order valence-corrected chi connectivity index (χ2v) is 5.49. The molecule has 2 aromatic rings. The number of nitrogens with one attached hydrogen (secondary N) is 2. The molecule has 5 nitrogen and oxygen atoms in total. The molecule has 0 heterocycles. The molecule has 0 aromatic heterocycles. The number of rotatable bonds is 5. The molecule has 2 N–H and O–H groups in total. The van der Waals surface area contributed by atoms with Crippen LogP contribution in [0.1, 0.15) is 16.7 Å². The molecule has 0 radical (unpaired) electrons. The fourth-order valence-electron chi connectivity index (χ4n) is 2.30. The van der Waals surface area contributed by atoms with Gasteiger partial charge in [0.25, 0.3) is 0 Å². The summed E-state index contributed by atoms with van der Waals surface area (Å²) in [5, 5.41) is 5.12. The van der Waals surface area contributed by atoms with E-state index in [0.29, 0.717) is 24.2 Å². The van der Waals surface area contributed by atoms with Gasteiger partial charge < -0.3 is 15.4 Å². The molecular formula is C20H20N2O3. The number of anilines is 1. The van der Waals surface area contributed by atoms with Crippen LogP contribution >= 0.6 is 0 Å². The fourth-order valence-corrected chi connectivity index (χ4v) is 2.30. The second kappa shape index (κ2) is 8.55. The van der Waals surface area contributed by atoms with Crippen molar-refractivity contribution in [2.75, 3.05) is 19.0 Å². The highest BCUT2D eigenvalue weighted by atomic mass is 16.5. The zero-order valence-corrected chi connectivity index (χ0v) is 14.3. The van der Waals surface area contributed by atoms with Crippen LogP contribution in [-0.2, 0) is 16.0 Å². The van der Waals surface area contributed by atoms with Gasteiger partial charge in [-0.3, -0.25) is 9.59 Å². The van der Waals surface area contributed by atoms with E-state index in [-0.39, 0.29) is 0 Å². The van der Waals surface area contributed by atoms with E-state index in [1.54, 1.807) is 31.4 Å². The first-order chi connectivity index (χ1) is 12.0. The van der Waals surface area contributed by atoms with E-state index in [1.165, 1.54) is 0 Å². The summed E-state index contributed by atoms with van der Waals surface area (Å²) in [6.07, 6.45) is 5.91. The Morgan fingerprint density at radius 1 is 1.16 bits per heavy atom. The summed E-state index contributed by atoms with van der Waals surface area (Å²) in [4.78, 5) is 23.8. The summed E-state index contributed by atoms with van der Waals surface area (Å²) in [5.41, 5.74) is 3.18. The highest BCUT2D eigenvalue weighted by Crippen LogP contribution is 2.19. The monoisotopic (exact) mass is 336 g/mol. The van der Waals surface area contributed by atoms with Gasteiger partial charge in [0.15, 0.2) is 0 Å². The van der Waals surface area contributed by atoms with Crippen molar-refractivity contribution in [3.8, 4) is 18.1 Å². The lowest BCUT2D eigenvalue weighted by Gasteiger charge is -2.09. The van der Waals surface area contributed by atoms with Gasteiger partial charge in [-0.1, -0.05) is 24.1 Å². The first-order valence-corrected chi connectivity index (χ1v) is 7.83. The minimum absolute atomic E-state index is 0.350. The molecule has 0 fully saturated rings. The van der Waals surface area contributed by atoms with Crippen molar-refractivity contribution in [2.24, 2.45) is 0 Å². The van der Waals surface area contributed by atoms with Crippen molar-refractivity contribution in [2.45, 2.75) is 13.3 Å². The molecule has 128 valence electrons. The minimum Gasteiger partial charge on any atom is -0.496 e. The summed E-state index contributed by atoms with van der Waals surface area (Å²) >= 11 is 0. The summed E-state index contributed by atoms with van der Waals surface area (Å²) in [7, 11) is 1.62. The van der Waals surface area contributed by atoms with Gasteiger partial charge in [-0.2, -0.15) is 0 Å². The Morgan fingerprint density at radius 3 is 2.68 bits per heavy atom. The molecule has 5 heteroatoms. The van der Waals surface area contributed by atoms with Gasteiger partial charge in [0, 0.05) is 17.8 Å².